The number of benzene rings is 1. The van der Waals surface area contributed by atoms with Crippen LogP contribution in [0.15, 0.2) is 30.3 Å². The van der Waals surface area contributed by atoms with Crippen LogP contribution in [0, 0.1) is 13.8 Å². The molecule has 2 heterocycles. The van der Waals surface area contributed by atoms with Crippen LogP contribution in [0.25, 0.3) is 11.4 Å². The molecule has 1 atom stereocenters. The summed E-state index contributed by atoms with van der Waals surface area (Å²) in [5, 5.41) is 12.8. The molecule has 1 aromatic carbocycles. The van der Waals surface area contributed by atoms with E-state index in [0.717, 1.165) is 11.4 Å². The maximum absolute atomic E-state index is 12.8. The molecule has 142 valence electrons. The second-order valence-corrected chi connectivity index (χ2v) is 6.91. The Morgan fingerprint density at radius 1 is 1.30 bits per heavy atom. The summed E-state index contributed by atoms with van der Waals surface area (Å²) in [4.78, 5) is 14.1. The number of tetrazole rings is 1. The summed E-state index contributed by atoms with van der Waals surface area (Å²) >= 11 is 6.17. The molecule has 0 N–H and O–H groups in total. The second-order valence-electron chi connectivity index (χ2n) is 6.51. The fraction of sp³-hybridized carbons (Fsp3) is 0.368. The molecule has 0 saturated heterocycles. The molecule has 2 aromatic heterocycles. The Morgan fingerprint density at radius 2 is 2.04 bits per heavy atom. The van der Waals surface area contributed by atoms with Crippen molar-refractivity contribution in [1.29, 1.82) is 0 Å². The number of ether oxygens (including phenoxy) is 1. The number of carbonyl (C=O) groups excluding carboxylic acids is 1. The summed E-state index contributed by atoms with van der Waals surface area (Å²) in [5.74, 6) is 0.328. The molecule has 0 amide bonds. The Hall–Kier alpha value is -2.51. The molecule has 3 rings (SSSR count). The smallest absolute Gasteiger partial charge is 0.206 e. The van der Waals surface area contributed by atoms with Crippen LogP contribution in [0.1, 0.15) is 34.7 Å². The number of carbonyl (C=O) groups is 1. The van der Waals surface area contributed by atoms with E-state index in [0.29, 0.717) is 28.6 Å². The molecule has 0 spiro atoms. The van der Waals surface area contributed by atoms with Gasteiger partial charge in [0.15, 0.2) is 5.78 Å². The minimum atomic E-state index is -0.0675. The van der Waals surface area contributed by atoms with E-state index in [2.05, 4.69) is 26.9 Å². The van der Waals surface area contributed by atoms with Crippen molar-refractivity contribution in [1.82, 2.24) is 24.8 Å². The molecule has 0 radical (unpaired) electrons. The average molecular weight is 388 g/mol. The average Bonchev–Trinajstić information content (AvgIpc) is 3.19. The Balaban J connectivity index is 1.81. The molecule has 0 saturated carbocycles. The molecule has 27 heavy (non-hydrogen) atoms. The Bertz CT molecular complexity index is 963. The van der Waals surface area contributed by atoms with Gasteiger partial charge in [0, 0.05) is 29.6 Å². The molecule has 0 aliphatic rings. The first-order valence-electron chi connectivity index (χ1n) is 8.65. The number of halogens is 1. The van der Waals surface area contributed by atoms with Gasteiger partial charge in [0.1, 0.15) is 6.54 Å². The summed E-state index contributed by atoms with van der Waals surface area (Å²) < 4.78 is 7.35. The van der Waals surface area contributed by atoms with E-state index in [4.69, 9.17) is 16.3 Å². The quantitative estimate of drug-likeness (QED) is 0.580. The minimum absolute atomic E-state index is 0.0143. The summed E-state index contributed by atoms with van der Waals surface area (Å²) in [6, 6.07) is 9.31. The highest BCUT2D eigenvalue weighted by molar-refractivity contribution is 6.33. The van der Waals surface area contributed by atoms with Gasteiger partial charge in [-0.05, 0) is 44.2 Å². The number of hydrogen-bond acceptors (Lipinski definition) is 5. The lowest BCUT2D eigenvalue weighted by Gasteiger charge is -2.17. The third-order valence-electron chi connectivity index (χ3n) is 4.49. The van der Waals surface area contributed by atoms with Crippen molar-refractivity contribution in [3.05, 3.63) is 52.3 Å². The molecule has 3 aromatic rings. The van der Waals surface area contributed by atoms with Crippen LogP contribution in [-0.4, -0.2) is 44.3 Å². The lowest BCUT2D eigenvalue weighted by Crippen LogP contribution is -2.16. The number of nitrogens with zero attached hydrogens (tertiary/aromatic N) is 5. The van der Waals surface area contributed by atoms with Crippen LogP contribution < -0.4 is 0 Å². The summed E-state index contributed by atoms with van der Waals surface area (Å²) in [5.41, 5.74) is 3.27. The number of aryl methyl sites for hydroxylation is 1. The highest BCUT2D eigenvalue weighted by Crippen LogP contribution is 2.24. The predicted molar refractivity (Wildman–Crippen MR) is 103 cm³/mol. The molecule has 0 fully saturated rings. The summed E-state index contributed by atoms with van der Waals surface area (Å²) in [7, 11) is 1.67. The highest BCUT2D eigenvalue weighted by Gasteiger charge is 2.20. The molecule has 0 aliphatic carbocycles. The number of Topliss-reactive ketones (excluding diaryl/α,β-unsaturated/α-hetero) is 1. The van der Waals surface area contributed by atoms with Gasteiger partial charge in [-0.1, -0.05) is 23.7 Å². The van der Waals surface area contributed by atoms with Crippen molar-refractivity contribution < 1.29 is 9.53 Å². The zero-order valence-electron chi connectivity index (χ0n) is 15.8. The molecular formula is C19H22ClN5O2. The van der Waals surface area contributed by atoms with Crippen LogP contribution in [-0.2, 0) is 11.3 Å². The maximum atomic E-state index is 12.8. The van der Waals surface area contributed by atoms with Gasteiger partial charge in [-0.2, -0.15) is 4.80 Å². The van der Waals surface area contributed by atoms with E-state index < -0.39 is 0 Å². The number of methoxy groups -OCH3 is 1. The van der Waals surface area contributed by atoms with E-state index >= 15 is 0 Å². The van der Waals surface area contributed by atoms with E-state index in [9.17, 15) is 4.79 Å². The molecule has 0 aliphatic heterocycles. The van der Waals surface area contributed by atoms with Gasteiger partial charge >= 0.3 is 0 Å². The Kier molecular flexibility index (Phi) is 5.72. The first-order chi connectivity index (χ1) is 12.9. The van der Waals surface area contributed by atoms with E-state index in [1.807, 2.05) is 38.1 Å². The van der Waals surface area contributed by atoms with Crippen LogP contribution in [0.3, 0.4) is 0 Å². The van der Waals surface area contributed by atoms with Crippen molar-refractivity contribution in [2.75, 3.05) is 13.7 Å². The number of aromatic nitrogens is 5. The third-order valence-corrected chi connectivity index (χ3v) is 4.82. The van der Waals surface area contributed by atoms with Gasteiger partial charge < -0.3 is 9.30 Å². The lowest BCUT2D eigenvalue weighted by atomic mass is 10.1. The second kappa shape index (κ2) is 8.02. The van der Waals surface area contributed by atoms with Crippen molar-refractivity contribution in [3.63, 3.8) is 0 Å². The van der Waals surface area contributed by atoms with Gasteiger partial charge in [-0.25, -0.2) is 0 Å². The summed E-state index contributed by atoms with van der Waals surface area (Å²) in [6.07, 6.45) is 0. The molecular weight excluding hydrogens is 366 g/mol. The van der Waals surface area contributed by atoms with Crippen molar-refractivity contribution in [3.8, 4) is 11.4 Å². The van der Waals surface area contributed by atoms with Crippen molar-refractivity contribution in [2.45, 2.75) is 33.4 Å². The van der Waals surface area contributed by atoms with Crippen LogP contribution in [0.4, 0.5) is 0 Å². The van der Waals surface area contributed by atoms with Crippen LogP contribution >= 0.6 is 11.6 Å². The summed E-state index contributed by atoms with van der Waals surface area (Å²) in [6.45, 7) is 6.58. The minimum Gasteiger partial charge on any atom is -0.383 e. The molecule has 1 unspecified atom stereocenters. The van der Waals surface area contributed by atoms with E-state index in [-0.39, 0.29) is 18.4 Å². The number of rotatable bonds is 7. The first-order valence-corrected chi connectivity index (χ1v) is 9.03. The molecule has 7 nitrogen and oxygen atoms in total. The topological polar surface area (TPSA) is 74.8 Å². The van der Waals surface area contributed by atoms with Gasteiger partial charge in [-0.3, -0.25) is 4.79 Å². The Morgan fingerprint density at radius 3 is 2.74 bits per heavy atom. The van der Waals surface area contributed by atoms with Crippen LogP contribution in [0.5, 0.6) is 0 Å². The fourth-order valence-electron chi connectivity index (χ4n) is 3.33. The SMILES string of the molecule is COCC(C)n1c(C)cc(C(=O)Cn2nnc(-c3ccccc3Cl)n2)c1C. The van der Waals surface area contributed by atoms with Crippen molar-refractivity contribution in [2.24, 2.45) is 0 Å². The van der Waals surface area contributed by atoms with E-state index in [1.54, 1.807) is 13.2 Å². The standard InChI is InChI=1S/C19H22ClN5O2/c1-12-9-16(14(3)25(12)13(2)11-27-4)18(26)10-24-22-19(21-23-24)15-7-5-6-8-17(15)20/h5-9,13H,10-11H2,1-4H3. The third kappa shape index (κ3) is 3.94. The fourth-order valence-corrected chi connectivity index (χ4v) is 3.55. The zero-order chi connectivity index (χ0) is 19.6. The maximum Gasteiger partial charge on any atom is 0.206 e. The molecule has 8 heteroatoms. The highest BCUT2D eigenvalue weighted by atomic mass is 35.5. The Labute approximate surface area is 162 Å². The van der Waals surface area contributed by atoms with Crippen molar-refractivity contribution >= 4 is 17.4 Å². The first kappa shape index (κ1) is 19.3. The lowest BCUT2D eigenvalue weighted by molar-refractivity contribution is 0.0960. The monoisotopic (exact) mass is 387 g/mol. The zero-order valence-corrected chi connectivity index (χ0v) is 16.6. The van der Waals surface area contributed by atoms with E-state index in [1.165, 1.54) is 4.80 Å². The number of hydrogen-bond donors (Lipinski definition) is 0. The largest absolute Gasteiger partial charge is 0.383 e. The predicted octanol–water partition coefficient (Wildman–Crippen LogP) is 3.50. The van der Waals surface area contributed by atoms with Crippen LogP contribution in [0.2, 0.25) is 5.02 Å². The normalized spacial score (nSPS) is 12.3. The van der Waals surface area contributed by atoms with Gasteiger partial charge in [0.25, 0.3) is 0 Å². The van der Waals surface area contributed by atoms with Gasteiger partial charge in [0.05, 0.1) is 17.7 Å². The van der Waals surface area contributed by atoms with Gasteiger partial charge in [0.2, 0.25) is 5.82 Å². The molecule has 0 bridgehead atoms. The van der Waals surface area contributed by atoms with Gasteiger partial charge in [-0.15, -0.1) is 10.2 Å². The number of ketones is 1.